The molecular weight excluding hydrogens is 332 g/mol. The van der Waals surface area contributed by atoms with E-state index in [2.05, 4.69) is 6.92 Å². The van der Waals surface area contributed by atoms with Gasteiger partial charge in [0.05, 0.1) is 0 Å². The van der Waals surface area contributed by atoms with E-state index in [1.54, 1.807) is 6.08 Å². The molecule has 0 aliphatic heterocycles. The molecule has 4 aliphatic carbocycles. The van der Waals surface area contributed by atoms with E-state index < -0.39 is 29.5 Å². The molecule has 1 unspecified atom stereocenters. The number of aliphatic hydroxyl groups is 3. The lowest BCUT2D eigenvalue weighted by Crippen LogP contribution is -2.58. The number of carbonyl (C=O) groups excluding carboxylic acids is 2. The van der Waals surface area contributed by atoms with Gasteiger partial charge in [-0.1, -0.05) is 19.4 Å². The van der Waals surface area contributed by atoms with Crippen LogP contribution in [0.15, 0.2) is 11.6 Å². The summed E-state index contributed by atoms with van der Waals surface area (Å²) in [5, 5.41) is 30.5. The predicted molar refractivity (Wildman–Crippen MR) is 95.1 cm³/mol. The molecule has 0 aromatic rings. The van der Waals surface area contributed by atoms with Crippen LogP contribution >= 0.6 is 0 Å². The zero-order valence-electron chi connectivity index (χ0n) is 15.7. The van der Waals surface area contributed by atoms with Crippen LogP contribution in [0.4, 0.5) is 0 Å². The highest BCUT2D eigenvalue weighted by Crippen LogP contribution is 2.67. The van der Waals surface area contributed by atoms with E-state index in [1.165, 1.54) is 5.57 Å². The molecule has 0 saturated heterocycles. The van der Waals surface area contributed by atoms with Crippen LogP contribution in [0.2, 0.25) is 0 Å². The maximum atomic E-state index is 12.3. The molecule has 0 amide bonds. The molecule has 3 N–H and O–H groups in total. The highest BCUT2D eigenvalue weighted by Gasteiger charge is 2.66. The number of hydrogen-bond acceptors (Lipinski definition) is 5. The van der Waals surface area contributed by atoms with E-state index in [1.807, 2.05) is 6.92 Å². The van der Waals surface area contributed by atoms with Gasteiger partial charge in [-0.05, 0) is 67.8 Å². The first kappa shape index (κ1) is 18.3. The first-order valence-corrected chi connectivity index (χ1v) is 9.96. The zero-order chi connectivity index (χ0) is 18.9. The summed E-state index contributed by atoms with van der Waals surface area (Å²) in [7, 11) is 0. The van der Waals surface area contributed by atoms with Gasteiger partial charge in [-0.15, -0.1) is 0 Å². The van der Waals surface area contributed by atoms with Crippen molar-refractivity contribution in [2.45, 2.75) is 70.5 Å². The highest BCUT2D eigenvalue weighted by atomic mass is 16.3. The van der Waals surface area contributed by atoms with Crippen molar-refractivity contribution in [3.8, 4) is 0 Å². The van der Waals surface area contributed by atoms with Gasteiger partial charge >= 0.3 is 0 Å². The Morgan fingerprint density at radius 2 is 1.88 bits per heavy atom. The van der Waals surface area contributed by atoms with Crippen molar-refractivity contribution in [3.63, 3.8) is 0 Å². The van der Waals surface area contributed by atoms with Crippen LogP contribution in [-0.4, -0.2) is 45.2 Å². The number of allylic oxidation sites excluding steroid dienone is 1. The van der Waals surface area contributed by atoms with Gasteiger partial charge < -0.3 is 15.3 Å². The van der Waals surface area contributed by atoms with E-state index in [0.717, 1.165) is 32.1 Å². The molecule has 0 radical (unpaired) electrons. The molecule has 144 valence electrons. The molecule has 0 spiro atoms. The van der Waals surface area contributed by atoms with E-state index in [9.17, 15) is 24.9 Å². The van der Waals surface area contributed by atoms with E-state index in [-0.39, 0.29) is 17.1 Å². The Balaban J connectivity index is 1.69. The maximum Gasteiger partial charge on any atom is 0.190 e. The van der Waals surface area contributed by atoms with Crippen LogP contribution in [0.5, 0.6) is 0 Å². The van der Waals surface area contributed by atoms with Gasteiger partial charge in [0.15, 0.2) is 11.6 Å². The number of carbonyl (C=O) groups is 2. The predicted octanol–water partition coefficient (Wildman–Crippen LogP) is 1.78. The molecule has 5 heteroatoms. The first-order valence-electron chi connectivity index (χ1n) is 9.96. The summed E-state index contributed by atoms with van der Waals surface area (Å²) >= 11 is 0. The second kappa shape index (κ2) is 5.73. The Morgan fingerprint density at radius 3 is 2.58 bits per heavy atom. The van der Waals surface area contributed by atoms with Gasteiger partial charge in [-0.3, -0.25) is 9.59 Å². The summed E-state index contributed by atoms with van der Waals surface area (Å²) in [5.41, 5.74) is -0.909. The second-order valence-corrected chi connectivity index (χ2v) is 9.55. The minimum Gasteiger partial charge on any atom is -0.388 e. The van der Waals surface area contributed by atoms with Crippen molar-refractivity contribution < 1.29 is 24.9 Å². The van der Waals surface area contributed by atoms with Crippen LogP contribution in [0.1, 0.15) is 58.8 Å². The number of Topliss-reactive ketones (excluding diaryl/α,β-unsaturated/α-hetero) is 2. The summed E-state index contributed by atoms with van der Waals surface area (Å²) in [5.74, 6) is 0.424. The molecule has 26 heavy (non-hydrogen) atoms. The average Bonchev–Trinajstić information content (AvgIpc) is 2.88. The minimum absolute atomic E-state index is 0.0939. The average molecular weight is 362 g/mol. The van der Waals surface area contributed by atoms with Crippen molar-refractivity contribution in [2.24, 2.45) is 28.6 Å². The third-order valence-electron chi connectivity index (χ3n) is 8.72. The van der Waals surface area contributed by atoms with Crippen molar-refractivity contribution in [1.82, 2.24) is 0 Å². The minimum atomic E-state index is -1.42. The van der Waals surface area contributed by atoms with Crippen LogP contribution in [0.3, 0.4) is 0 Å². The van der Waals surface area contributed by atoms with Gasteiger partial charge in [-0.2, -0.15) is 0 Å². The normalized spacial score (nSPS) is 50.5. The number of fused-ring (bicyclic) bond motifs is 5. The summed E-state index contributed by atoms with van der Waals surface area (Å²) < 4.78 is 0. The number of ketones is 2. The van der Waals surface area contributed by atoms with Crippen molar-refractivity contribution >= 4 is 11.6 Å². The Morgan fingerprint density at radius 1 is 1.19 bits per heavy atom. The molecule has 3 saturated carbocycles. The lowest BCUT2D eigenvalue weighted by atomic mass is 9.46. The molecule has 5 nitrogen and oxygen atoms in total. The molecule has 0 aromatic heterocycles. The third-order valence-corrected chi connectivity index (χ3v) is 8.72. The smallest absolute Gasteiger partial charge is 0.190 e. The van der Waals surface area contributed by atoms with Gasteiger partial charge in [0, 0.05) is 11.8 Å². The molecular formula is C21H30O5. The van der Waals surface area contributed by atoms with Crippen LogP contribution in [0, 0.1) is 28.6 Å². The van der Waals surface area contributed by atoms with Crippen LogP contribution in [0.25, 0.3) is 0 Å². The summed E-state index contributed by atoms with van der Waals surface area (Å²) in [6.45, 7) is 3.59. The van der Waals surface area contributed by atoms with Gasteiger partial charge in [-0.25, -0.2) is 0 Å². The molecule has 0 heterocycles. The zero-order valence-corrected chi connectivity index (χ0v) is 15.7. The standard InChI is InChI=1S/C21H30O5/c1-19-10-17(24)16(23)9-12(19)3-4-13-14(19)5-7-20(2)15(13)6-8-21(20,26)18(25)11-22/h9,13-16,22-23,26H,3-8,10-11H2,1-2H3/t13-,14+,15+,16?,19+,20+,21+/m1/s1. The van der Waals surface area contributed by atoms with Gasteiger partial charge in [0.2, 0.25) is 0 Å². The van der Waals surface area contributed by atoms with E-state index >= 15 is 0 Å². The van der Waals surface area contributed by atoms with Crippen molar-refractivity contribution in [1.29, 1.82) is 0 Å². The second-order valence-electron chi connectivity index (χ2n) is 9.55. The molecule has 3 fully saturated rings. The van der Waals surface area contributed by atoms with E-state index in [0.29, 0.717) is 24.7 Å². The summed E-state index contributed by atoms with van der Waals surface area (Å²) in [6.07, 6.45) is 5.90. The SMILES string of the molecule is C[C@]12CC(=O)C(O)C=C1CC[C@@H]1[C@@H]2CC[C@@]2(C)[C@H]1CC[C@]2(O)C(=O)CO. The lowest BCUT2D eigenvalue weighted by molar-refractivity contribution is -0.165. The maximum absolute atomic E-state index is 12.3. The fourth-order valence-electron chi connectivity index (χ4n) is 7.20. The largest absolute Gasteiger partial charge is 0.388 e. The van der Waals surface area contributed by atoms with E-state index in [4.69, 9.17) is 0 Å². The van der Waals surface area contributed by atoms with Crippen LogP contribution < -0.4 is 0 Å². The fraction of sp³-hybridized carbons (Fsp3) is 0.810. The molecule has 4 aliphatic rings. The Kier molecular flexibility index (Phi) is 4.04. The Bertz CT molecular complexity index is 684. The number of hydrogen-bond donors (Lipinski definition) is 3. The molecule has 7 atom stereocenters. The molecule has 0 bridgehead atoms. The quantitative estimate of drug-likeness (QED) is 0.651. The third kappa shape index (κ3) is 2.14. The fourth-order valence-corrected chi connectivity index (χ4v) is 7.20. The summed E-state index contributed by atoms with van der Waals surface area (Å²) in [6, 6.07) is 0. The monoisotopic (exact) mass is 362 g/mol. The van der Waals surface area contributed by atoms with Gasteiger partial charge in [0.25, 0.3) is 0 Å². The number of rotatable bonds is 2. The lowest BCUT2D eigenvalue weighted by Gasteiger charge is -2.58. The highest BCUT2D eigenvalue weighted by molar-refractivity contribution is 5.89. The number of aliphatic hydroxyl groups excluding tert-OH is 2. The van der Waals surface area contributed by atoms with Crippen molar-refractivity contribution in [3.05, 3.63) is 11.6 Å². The summed E-state index contributed by atoms with van der Waals surface area (Å²) in [4.78, 5) is 24.6. The topological polar surface area (TPSA) is 94.8 Å². The molecule has 4 rings (SSSR count). The van der Waals surface area contributed by atoms with Gasteiger partial charge in [0.1, 0.15) is 18.3 Å². The van der Waals surface area contributed by atoms with Crippen molar-refractivity contribution in [2.75, 3.05) is 6.61 Å². The first-order chi connectivity index (χ1) is 12.2. The Labute approximate surface area is 154 Å². The molecule has 0 aromatic carbocycles. The Hall–Kier alpha value is -1.04. The van der Waals surface area contributed by atoms with Crippen LogP contribution in [-0.2, 0) is 9.59 Å².